The van der Waals surface area contributed by atoms with Crippen molar-refractivity contribution in [2.45, 2.75) is 24.2 Å². The predicted octanol–water partition coefficient (Wildman–Crippen LogP) is 4.57. The van der Waals surface area contributed by atoms with Gasteiger partial charge in [-0.3, -0.25) is 14.5 Å². The van der Waals surface area contributed by atoms with Crippen molar-refractivity contribution in [3.63, 3.8) is 0 Å². The second-order valence-corrected chi connectivity index (χ2v) is 8.29. The van der Waals surface area contributed by atoms with Crippen LogP contribution in [0.15, 0.2) is 90.1 Å². The molecular weight excluding hydrogens is 400 g/mol. The van der Waals surface area contributed by atoms with Gasteiger partial charge in [-0.2, -0.15) is 0 Å². The number of anilines is 1. The molecule has 0 amide bonds. The highest BCUT2D eigenvalue weighted by Crippen LogP contribution is 2.31. The minimum Gasteiger partial charge on any atom is -0.481 e. The number of hydrogen-bond acceptors (Lipinski definition) is 4. The number of carboxylic acids is 1. The van der Waals surface area contributed by atoms with Crippen molar-refractivity contribution in [3.8, 4) is 0 Å². The number of pyridine rings is 1. The van der Waals surface area contributed by atoms with Crippen molar-refractivity contribution in [2.24, 2.45) is 0 Å². The number of nitrogens with one attached hydrogen (secondary N) is 1. The molecule has 0 unspecified atom stereocenters. The van der Waals surface area contributed by atoms with Gasteiger partial charge >= 0.3 is 5.97 Å². The van der Waals surface area contributed by atoms with Crippen molar-refractivity contribution in [2.75, 3.05) is 4.72 Å². The second kappa shape index (κ2) is 9.84. The summed E-state index contributed by atoms with van der Waals surface area (Å²) in [6.07, 6.45) is 6.38. The summed E-state index contributed by atoms with van der Waals surface area (Å²) >= 11 is 0. The fraction of sp³-hybridized carbons (Fsp3) is 0.130. The van der Waals surface area contributed by atoms with Crippen LogP contribution < -0.4 is 4.72 Å². The van der Waals surface area contributed by atoms with E-state index in [9.17, 15) is 13.2 Å². The Morgan fingerprint density at radius 1 is 1.00 bits per heavy atom. The fourth-order valence-electron chi connectivity index (χ4n) is 3.02. The van der Waals surface area contributed by atoms with Crippen LogP contribution in [0.5, 0.6) is 0 Å². The zero-order valence-corrected chi connectivity index (χ0v) is 17.0. The van der Waals surface area contributed by atoms with Crippen LogP contribution in [-0.4, -0.2) is 24.5 Å². The topological polar surface area (TPSA) is 96.4 Å². The summed E-state index contributed by atoms with van der Waals surface area (Å²) in [7, 11) is -3.76. The molecule has 0 saturated carbocycles. The van der Waals surface area contributed by atoms with Gasteiger partial charge in [0.2, 0.25) is 0 Å². The Bertz CT molecular complexity index is 1130. The highest BCUT2D eigenvalue weighted by molar-refractivity contribution is 7.92. The first-order valence-electron chi connectivity index (χ1n) is 9.47. The number of aromatic nitrogens is 1. The second-order valence-electron chi connectivity index (χ2n) is 6.61. The van der Waals surface area contributed by atoms with Crippen molar-refractivity contribution in [1.29, 1.82) is 0 Å². The van der Waals surface area contributed by atoms with Gasteiger partial charge in [0.1, 0.15) is 0 Å². The molecule has 0 bridgehead atoms. The number of carboxylic acid groups (broad SMARTS) is 1. The van der Waals surface area contributed by atoms with E-state index in [-0.39, 0.29) is 11.3 Å². The van der Waals surface area contributed by atoms with Gasteiger partial charge in [0, 0.05) is 29.9 Å². The van der Waals surface area contributed by atoms with Crippen molar-refractivity contribution >= 4 is 27.3 Å². The van der Waals surface area contributed by atoms with Crippen LogP contribution >= 0.6 is 0 Å². The summed E-state index contributed by atoms with van der Waals surface area (Å²) in [5.74, 6) is -0.845. The van der Waals surface area contributed by atoms with Crippen LogP contribution in [0.2, 0.25) is 0 Å². The van der Waals surface area contributed by atoms with E-state index >= 15 is 0 Å². The molecule has 30 heavy (non-hydrogen) atoms. The lowest BCUT2D eigenvalue weighted by Crippen LogP contribution is -2.14. The number of para-hydroxylation sites is 1. The molecule has 0 aliphatic heterocycles. The van der Waals surface area contributed by atoms with E-state index in [0.717, 1.165) is 11.1 Å². The summed E-state index contributed by atoms with van der Waals surface area (Å²) in [4.78, 5) is 15.2. The van der Waals surface area contributed by atoms with Gasteiger partial charge in [-0.05, 0) is 42.7 Å². The van der Waals surface area contributed by atoms with Crippen LogP contribution in [0.1, 0.15) is 30.4 Å². The summed E-state index contributed by atoms with van der Waals surface area (Å²) in [6, 6.07) is 19.0. The maximum atomic E-state index is 12.8. The van der Waals surface area contributed by atoms with Crippen LogP contribution in [0, 0.1) is 0 Å². The molecule has 0 fully saturated rings. The fourth-order valence-corrected chi connectivity index (χ4v) is 4.12. The predicted molar refractivity (Wildman–Crippen MR) is 116 cm³/mol. The molecule has 154 valence electrons. The maximum Gasteiger partial charge on any atom is 0.303 e. The molecule has 2 aromatic carbocycles. The first-order chi connectivity index (χ1) is 14.5. The van der Waals surface area contributed by atoms with E-state index in [0.29, 0.717) is 24.1 Å². The molecule has 6 nitrogen and oxygen atoms in total. The summed E-state index contributed by atoms with van der Waals surface area (Å²) in [5.41, 5.74) is 2.74. The number of nitrogens with zero attached hydrogens (tertiary/aromatic N) is 1. The molecule has 0 aliphatic rings. The molecule has 1 aromatic heterocycles. The van der Waals surface area contributed by atoms with E-state index in [1.165, 1.54) is 12.1 Å². The summed E-state index contributed by atoms with van der Waals surface area (Å²) < 4.78 is 28.4. The number of unbranched alkanes of at least 4 members (excludes halogenated alkanes) is 1. The number of hydrogen-bond donors (Lipinski definition) is 2. The van der Waals surface area contributed by atoms with Gasteiger partial charge in [-0.15, -0.1) is 0 Å². The molecule has 0 radical (unpaired) electrons. The van der Waals surface area contributed by atoms with Gasteiger partial charge in [0.25, 0.3) is 10.0 Å². The third-order valence-electron chi connectivity index (χ3n) is 4.43. The van der Waals surface area contributed by atoms with Gasteiger partial charge in [0.05, 0.1) is 10.6 Å². The molecule has 0 aliphatic carbocycles. The van der Waals surface area contributed by atoms with Gasteiger partial charge < -0.3 is 5.11 Å². The van der Waals surface area contributed by atoms with E-state index in [1.807, 2.05) is 24.3 Å². The van der Waals surface area contributed by atoms with E-state index in [4.69, 9.17) is 5.11 Å². The monoisotopic (exact) mass is 422 g/mol. The quantitative estimate of drug-likeness (QED) is 0.493. The molecule has 1 heterocycles. The van der Waals surface area contributed by atoms with Crippen LogP contribution in [0.25, 0.3) is 5.57 Å². The lowest BCUT2D eigenvalue weighted by Gasteiger charge is -2.16. The number of rotatable bonds is 9. The lowest BCUT2D eigenvalue weighted by molar-refractivity contribution is -0.137. The average Bonchev–Trinajstić information content (AvgIpc) is 2.75. The van der Waals surface area contributed by atoms with Crippen molar-refractivity contribution in [3.05, 3.63) is 96.3 Å². The van der Waals surface area contributed by atoms with Crippen molar-refractivity contribution < 1.29 is 18.3 Å². The third-order valence-corrected chi connectivity index (χ3v) is 5.81. The normalized spacial score (nSPS) is 11.8. The van der Waals surface area contributed by atoms with E-state index < -0.39 is 16.0 Å². The van der Waals surface area contributed by atoms with Crippen LogP contribution in [0.3, 0.4) is 0 Å². The SMILES string of the molecule is O=C(O)CCCC=C(c1cccnc1)c1ccccc1NS(=O)(=O)c1ccccc1. The third kappa shape index (κ3) is 5.55. The number of carbonyl (C=O) groups is 1. The Morgan fingerprint density at radius 3 is 2.43 bits per heavy atom. The Morgan fingerprint density at radius 2 is 1.73 bits per heavy atom. The number of benzene rings is 2. The van der Waals surface area contributed by atoms with Crippen molar-refractivity contribution in [1.82, 2.24) is 4.98 Å². The molecule has 3 aromatic rings. The number of allylic oxidation sites excluding steroid dienone is 1. The Kier molecular flexibility index (Phi) is 6.98. The van der Waals surface area contributed by atoms with Gasteiger partial charge in [0.15, 0.2) is 0 Å². The minimum atomic E-state index is -3.76. The largest absolute Gasteiger partial charge is 0.481 e. The molecular formula is C23H22N2O4S. The number of aliphatic carboxylic acids is 1. The average molecular weight is 423 g/mol. The first-order valence-corrected chi connectivity index (χ1v) is 11.0. The molecule has 3 rings (SSSR count). The highest BCUT2D eigenvalue weighted by atomic mass is 32.2. The maximum absolute atomic E-state index is 12.8. The number of sulfonamides is 1. The lowest BCUT2D eigenvalue weighted by atomic mass is 9.96. The smallest absolute Gasteiger partial charge is 0.303 e. The highest BCUT2D eigenvalue weighted by Gasteiger charge is 2.17. The van der Waals surface area contributed by atoms with Gasteiger partial charge in [-0.1, -0.05) is 48.5 Å². The molecule has 7 heteroatoms. The molecule has 0 spiro atoms. The van der Waals surface area contributed by atoms with E-state index in [1.54, 1.807) is 48.8 Å². The molecule has 0 atom stereocenters. The van der Waals surface area contributed by atoms with Crippen LogP contribution in [0.4, 0.5) is 5.69 Å². The Labute approximate surface area is 176 Å². The molecule has 0 saturated heterocycles. The minimum absolute atomic E-state index is 0.0686. The Balaban J connectivity index is 1.99. The zero-order valence-electron chi connectivity index (χ0n) is 16.2. The summed E-state index contributed by atoms with van der Waals surface area (Å²) in [6.45, 7) is 0. The van der Waals surface area contributed by atoms with Crippen LogP contribution in [-0.2, 0) is 14.8 Å². The molecule has 2 N–H and O–H groups in total. The Hall–Kier alpha value is -3.45. The standard InChI is InChI=1S/C23H22N2O4S/c26-23(27)15-7-5-12-20(18-9-8-16-24-17-18)21-13-4-6-14-22(21)25-30(28,29)19-10-2-1-3-11-19/h1-4,6,8-14,16-17,25H,5,7,15H2,(H,26,27). The summed E-state index contributed by atoms with van der Waals surface area (Å²) in [5, 5.41) is 8.89. The zero-order chi connectivity index (χ0) is 21.4. The van der Waals surface area contributed by atoms with Gasteiger partial charge in [-0.25, -0.2) is 8.42 Å². The first kappa shape index (κ1) is 21.3. The van der Waals surface area contributed by atoms with E-state index in [2.05, 4.69) is 9.71 Å².